The molecule has 0 spiro atoms. The molecule has 0 aliphatic heterocycles. The molecule has 1 aliphatic rings. The largest absolute Gasteiger partial charge is 0.389 e. The Bertz CT molecular complexity index is 767. The van der Waals surface area contributed by atoms with E-state index in [1.807, 2.05) is 11.5 Å². The Morgan fingerprint density at radius 3 is 2.79 bits per heavy atom. The average molecular weight is 351 g/mol. The smallest absolute Gasteiger partial charge is 0.232 e. The summed E-state index contributed by atoms with van der Waals surface area (Å²) in [5.41, 5.74) is 0.341. The van der Waals surface area contributed by atoms with Crippen molar-refractivity contribution in [1.82, 2.24) is 14.5 Å². The lowest BCUT2D eigenvalue weighted by Gasteiger charge is -2.30. The van der Waals surface area contributed by atoms with Crippen molar-refractivity contribution >= 4 is 34.6 Å². The number of nitrogens with one attached hydrogen (secondary N) is 1. The summed E-state index contributed by atoms with van der Waals surface area (Å²) in [6, 6.07) is 3.78. The highest BCUT2D eigenvalue weighted by Gasteiger charge is 2.33. The van der Waals surface area contributed by atoms with Crippen LogP contribution in [0.2, 0.25) is 5.15 Å². The van der Waals surface area contributed by atoms with Crippen LogP contribution in [0.1, 0.15) is 52.5 Å². The number of aliphatic hydroxyl groups is 1. The molecule has 0 unspecified atom stereocenters. The molecular formula is C17H23ClN4O2. The van der Waals surface area contributed by atoms with Crippen molar-refractivity contribution in [3.63, 3.8) is 0 Å². The van der Waals surface area contributed by atoms with Crippen molar-refractivity contribution < 1.29 is 9.90 Å². The summed E-state index contributed by atoms with van der Waals surface area (Å²) in [6.45, 7) is 5.26. The van der Waals surface area contributed by atoms with Gasteiger partial charge in [-0.2, -0.15) is 0 Å². The summed E-state index contributed by atoms with van der Waals surface area (Å²) < 4.78 is 1.97. The van der Waals surface area contributed by atoms with Gasteiger partial charge < -0.3 is 5.11 Å². The Kier molecular flexibility index (Phi) is 4.53. The number of anilines is 1. The number of pyridine rings is 1. The van der Waals surface area contributed by atoms with Crippen LogP contribution in [0, 0.1) is 5.92 Å². The molecule has 0 radical (unpaired) electrons. The summed E-state index contributed by atoms with van der Waals surface area (Å²) in [5.74, 6) is -0.314. The molecule has 1 fully saturated rings. The third kappa shape index (κ3) is 3.00. The second-order valence-electron chi connectivity index (χ2n) is 6.79. The Morgan fingerprint density at radius 1 is 1.50 bits per heavy atom. The number of rotatable bonds is 5. The van der Waals surface area contributed by atoms with Gasteiger partial charge in [-0.1, -0.05) is 25.4 Å². The normalized spacial score (nSPS) is 18.9. The number of aromatic nitrogens is 3. The van der Waals surface area contributed by atoms with Crippen LogP contribution in [0.4, 0.5) is 5.95 Å². The van der Waals surface area contributed by atoms with Gasteiger partial charge in [-0.3, -0.25) is 14.7 Å². The molecule has 7 heteroatoms. The minimum atomic E-state index is -1.06. The third-order valence-corrected chi connectivity index (χ3v) is 5.43. The van der Waals surface area contributed by atoms with Crippen LogP contribution in [0.15, 0.2) is 12.1 Å². The molecular weight excluding hydrogens is 328 g/mol. The Balaban J connectivity index is 1.95. The van der Waals surface area contributed by atoms with Crippen molar-refractivity contribution in [2.24, 2.45) is 5.92 Å². The number of fused-ring (bicyclic) bond motifs is 1. The monoisotopic (exact) mass is 350 g/mol. The quantitative estimate of drug-likeness (QED) is 0.808. The first-order chi connectivity index (χ1) is 11.3. The summed E-state index contributed by atoms with van der Waals surface area (Å²) >= 11 is 6.03. The van der Waals surface area contributed by atoms with E-state index in [-0.39, 0.29) is 11.9 Å². The summed E-state index contributed by atoms with van der Waals surface area (Å²) in [5, 5.41) is 13.6. The van der Waals surface area contributed by atoms with E-state index in [0.29, 0.717) is 28.7 Å². The second kappa shape index (κ2) is 6.33. The maximum Gasteiger partial charge on any atom is 0.232 e. The highest BCUT2D eigenvalue weighted by Crippen LogP contribution is 2.37. The lowest BCUT2D eigenvalue weighted by molar-refractivity contribution is -0.127. The van der Waals surface area contributed by atoms with E-state index < -0.39 is 11.5 Å². The Hall–Kier alpha value is -1.66. The van der Waals surface area contributed by atoms with Crippen molar-refractivity contribution in [3.8, 4) is 0 Å². The molecule has 6 nitrogen and oxygen atoms in total. The van der Waals surface area contributed by atoms with E-state index in [9.17, 15) is 9.90 Å². The van der Waals surface area contributed by atoms with Gasteiger partial charge in [-0.05, 0) is 44.7 Å². The number of nitrogens with zero attached hydrogens (tertiary/aromatic N) is 3. The van der Waals surface area contributed by atoms with Gasteiger partial charge in [-0.15, -0.1) is 0 Å². The molecule has 2 aromatic heterocycles. The first-order valence-corrected chi connectivity index (χ1v) is 8.79. The third-order valence-electron chi connectivity index (χ3n) is 5.22. The molecule has 2 aromatic rings. The van der Waals surface area contributed by atoms with Crippen LogP contribution in [0.25, 0.3) is 11.2 Å². The topological polar surface area (TPSA) is 80.0 Å². The second-order valence-corrected chi connectivity index (χ2v) is 7.18. The van der Waals surface area contributed by atoms with Gasteiger partial charge in [0.2, 0.25) is 11.9 Å². The summed E-state index contributed by atoms with van der Waals surface area (Å²) in [4.78, 5) is 21.5. The zero-order valence-corrected chi connectivity index (χ0v) is 15.0. The average Bonchev–Trinajstić information content (AvgIpc) is 2.82. The number of imidazole rings is 1. The predicted octanol–water partition coefficient (Wildman–Crippen LogP) is 3.55. The van der Waals surface area contributed by atoms with Crippen molar-refractivity contribution in [3.05, 3.63) is 17.3 Å². The Morgan fingerprint density at radius 2 is 2.21 bits per heavy atom. The van der Waals surface area contributed by atoms with Gasteiger partial charge in [0, 0.05) is 6.04 Å². The zero-order chi connectivity index (χ0) is 17.5. The number of carbonyl (C=O) groups is 1. The number of carbonyl (C=O) groups excluding carboxylic acids is 1. The first-order valence-electron chi connectivity index (χ1n) is 8.41. The highest BCUT2D eigenvalue weighted by molar-refractivity contribution is 6.29. The maximum absolute atomic E-state index is 12.6. The molecule has 130 valence electrons. The highest BCUT2D eigenvalue weighted by atomic mass is 35.5. The molecule has 1 amide bonds. The SMILES string of the molecule is CC[C@](C)(O)[C@H](C)C(=O)Nc1nc2ccc(Cl)nc2n1C1CCC1. The van der Waals surface area contributed by atoms with E-state index in [1.165, 1.54) is 0 Å². The lowest BCUT2D eigenvalue weighted by Crippen LogP contribution is -2.40. The molecule has 24 heavy (non-hydrogen) atoms. The van der Waals surface area contributed by atoms with Crippen LogP contribution in [-0.2, 0) is 4.79 Å². The minimum absolute atomic E-state index is 0.246. The molecule has 3 rings (SSSR count). The van der Waals surface area contributed by atoms with Gasteiger partial charge in [-0.25, -0.2) is 9.97 Å². The van der Waals surface area contributed by atoms with Gasteiger partial charge in [0.25, 0.3) is 0 Å². The van der Waals surface area contributed by atoms with Gasteiger partial charge in [0.05, 0.1) is 11.5 Å². The minimum Gasteiger partial charge on any atom is -0.389 e. The molecule has 0 aromatic carbocycles. The van der Waals surface area contributed by atoms with Crippen LogP contribution in [0.5, 0.6) is 0 Å². The molecule has 2 heterocycles. The maximum atomic E-state index is 12.6. The lowest BCUT2D eigenvalue weighted by atomic mass is 9.88. The molecule has 2 atom stereocenters. The van der Waals surface area contributed by atoms with Crippen LogP contribution < -0.4 is 5.32 Å². The van der Waals surface area contributed by atoms with Crippen LogP contribution >= 0.6 is 11.6 Å². The van der Waals surface area contributed by atoms with E-state index in [2.05, 4.69) is 15.3 Å². The van der Waals surface area contributed by atoms with Gasteiger partial charge >= 0.3 is 0 Å². The molecule has 0 saturated heterocycles. The first kappa shape index (κ1) is 17.2. The standard InChI is InChI=1S/C17H23ClN4O2/c1-4-17(3,24)10(2)15(23)21-16-19-12-8-9-13(18)20-14(12)22(16)11-6-5-7-11/h8-11,24H,4-7H2,1-3H3,(H,19,21,23)/t10-,17+/m1/s1. The van der Waals surface area contributed by atoms with E-state index in [0.717, 1.165) is 19.3 Å². The van der Waals surface area contributed by atoms with E-state index in [4.69, 9.17) is 11.6 Å². The van der Waals surface area contributed by atoms with Crippen molar-refractivity contribution in [2.75, 3.05) is 5.32 Å². The number of amides is 1. The Labute approximate surface area is 146 Å². The number of hydrogen-bond acceptors (Lipinski definition) is 4. The van der Waals surface area contributed by atoms with Crippen molar-refractivity contribution in [1.29, 1.82) is 0 Å². The van der Waals surface area contributed by atoms with E-state index >= 15 is 0 Å². The summed E-state index contributed by atoms with van der Waals surface area (Å²) in [6.07, 6.45) is 3.71. The van der Waals surface area contributed by atoms with Crippen LogP contribution in [-0.4, -0.2) is 31.1 Å². The molecule has 0 bridgehead atoms. The molecule has 2 N–H and O–H groups in total. The fourth-order valence-corrected chi connectivity index (χ4v) is 2.98. The molecule has 1 aliphatic carbocycles. The fraction of sp³-hybridized carbons (Fsp3) is 0.588. The number of halogens is 1. The van der Waals surface area contributed by atoms with Gasteiger partial charge in [0.15, 0.2) is 5.65 Å². The number of hydrogen-bond donors (Lipinski definition) is 2. The van der Waals surface area contributed by atoms with Crippen molar-refractivity contribution in [2.45, 2.75) is 58.1 Å². The van der Waals surface area contributed by atoms with Crippen LogP contribution in [0.3, 0.4) is 0 Å². The van der Waals surface area contributed by atoms with E-state index in [1.54, 1.807) is 26.0 Å². The van der Waals surface area contributed by atoms with Gasteiger partial charge in [0.1, 0.15) is 10.7 Å². The predicted molar refractivity (Wildman–Crippen MR) is 94.1 cm³/mol. The fourth-order valence-electron chi connectivity index (χ4n) is 2.84. The molecule has 1 saturated carbocycles. The summed E-state index contributed by atoms with van der Waals surface area (Å²) in [7, 11) is 0. The zero-order valence-electron chi connectivity index (χ0n) is 14.2.